The van der Waals surface area contributed by atoms with Crippen molar-refractivity contribution in [2.45, 2.75) is 19.4 Å². The van der Waals surface area contributed by atoms with Crippen LogP contribution in [0.25, 0.3) is 11.4 Å². The molecule has 1 saturated heterocycles. The normalized spacial score (nSPS) is 17.6. The molecule has 0 aliphatic carbocycles. The molecule has 2 heterocycles. The van der Waals surface area contributed by atoms with Gasteiger partial charge >= 0.3 is 0 Å². The summed E-state index contributed by atoms with van der Waals surface area (Å²) in [5, 5.41) is 14.7. The summed E-state index contributed by atoms with van der Waals surface area (Å²) in [6.45, 7) is 3.18. The van der Waals surface area contributed by atoms with E-state index in [1.807, 2.05) is 6.92 Å². The lowest BCUT2D eigenvalue weighted by Gasteiger charge is -2.14. The van der Waals surface area contributed by atoms with Crippen LogP contribution in [0.5, 0.6) is 0 Å². The van der Waals surface area contributed by atoms with Gasteiger partial charge in [0, 0.05) is 30.6 Å². The van der Waals surface area contributed by atoms with Gasteiger partial charge < -0.3 is 10.2 Å². The summed E-state index contributed by atoms with van der Waals surface area (Å²) in [5.74, 6) is 0.417. The highest BCUT2D eigenvalue weighted by molar-refractivity contribution is 5.95. The summed E-state index contributed by atoms with van der Waals surface area (Å²) < 4.78 is 0. The number of rotatable bonds is 4. The lowest BCUT2D eigenvalue weighted by molar-refractivity contribution is -0.127. The van der Waals surface area contributed by atoms with Crippen molar-refractivity contribution in [1.29, 1.82) is 0 Å². The number of hydrogen-bond acceptors (Lipinski definition) is 5. The number of aromatic nitrogens is 4. The third kappa shape index (κ3) is 3.20. The zero-order valence-electron chi connectivity index (χ0n) is 13.1. The Morgan fingerprint density at radius 3 is 2.65 bits per heavy atom. The van der Waals surface area contributed by atoms with Crippen LogP contribution < -0.4 is 5.32 Å². The Balaban J connectivity index is 1.65. The molecule has 1 N–H and O–H groups in total. The first-order valence-corrected chi connectivity index (χ1v) is 7.50. The molecule has 0 radical (unpaired) electrons. The third-order valence-electron chi connectivity index (χ3n) is 3.85. The van der Waals surface area contributed by atoms with Gasteiger partial charge in [-0.15, -0.1) is 10.2 Å². The molecule has 0 bridgehead atoms. The fourth-order valence-electron chi connectivity index (χ4n) is 2.61. The smallest absolute Gasteiger partial charge is 0.251 e. The van der Waals surface area contributed by atoms with Gasteiger partial charge in [-0.1, -0.05) is 12.1 Å². The van der Waals surface area contributed by atoms with Gasteiger partial charge in [0.2, 0.25) is 11.7 Å². The standard InChI is InChI=1S/C15H18N6O2/c1-3-21-9-12(8-13(21)22)16-15(23)11-6-4-10(5-7-11)14-17-19-20(2)18-14/h4-7,12H,3,8-9H2,1-2H3,(H,16,23)/t12-/m0/s1. The number of nitrogens with zero attached hydrogens (tertiary/aromatic N) is 5. The summed E-state index contributed by atoms with van der Waals surface area (Å²) in [6.07, 6.45) is 0.362. The summed E-state index contributed by atoms with van der Waals surface area (Å²) in [6, 6.07) is 6.87. The Bertz CT molecular complexity index is 724. The number of amides is 2. The highest BCUT2D eigenvalue weighted by Gasteiger charge is 2.29. The number of aryl methyl sites for hydroxylation is 1. The predicted molar refractivity (Wildman–Crippen MR) is 82.4 cm³/mol. The quantitative estimate of drug-likeness (QED) is 0.872. The number of carbonyl (C=O) groups is 2. The molecule has 2 aromatic rings. The molecule has 2 amide bonds. The molecule has 1 aliphatic heterocycles. The van der Waals surface area contributed by atoms with E-state index in [1.54, 1.807) is 36.2 Å². The van der Waals surface area contributed by atoms with E-state index >= 15 is 0 Å². The van der Waals surface area contributed by atoms with Gasteiger partial charge in [0.1, 0.15) is 0 Å². The lowest BCUT2D eigenvalue weighted by Crippen LogP contribution is -2.37. The molecule has 8 heteroatoms. The van der Waals surface area contributed by atoms with Crippen molar-refractivity contribution >= 4 is 11.8 Å². The zero-order chi connectivity index (χ0) is 16.4. The Morgan fingerprint density at radius 1 is 1.35 bits per heavy atom. The molecule has 120 valence electrons. The maximum absolute atomic E-state index is 12.3. The fraction of sp³-hybridized carbons (Fsp3) is 0.400. The Labute approximate surface area is 133 Å². The van der Waals surface area contributed by atoms with E-state index in [9.17, 15) is 9.59 Å². The first-order valence-electron chi connectivity index (χ1n) is 7.50. The predicted octanol–water partition coefficient (Wildman–Crippen LogP) is 0.228. The van der Waals surface area contributed by atoms with Crippen molar-refractivity contribution in [3.63, 3.8) is 0 Å². The second-order valence-corrected chi connectivity index (χ2v) is 5.49. The van der Waals surface area contributed by atoms with E-state index in [2.05, 4.69) is 20.7 Å². The van der Waals surface area contributed by atoms with Crippen LogP contribution in [0, 0.1) is 0 Å². The lowest BCUT2D eigenvalue weighted by atomic mass is 10.1. The van der Waals surface area contributed by atoms with Crippen LogP contribution in [0.4, 0.5) is 0 Å². The number of benzene rings is 1. The number of hydrogen-bond donors (Lipinski definition) is 1. The van der Waals surface area contributed by atoms with Crippen LogP contribution in [0.2, 0.25) is 0 Å². The van der Waals surface area contributed by atoms with Crippen LogP contribution in [0.15, 0.2) is 24.3 Å². The molecule has 3 rings (SSSR count). The van der Waals surface area contributed by atoms with Crippen molar-refractivity contribution in [2.24, 2.45) is 7.05 Å². The molecule has 1 aromatic carbocycles. The molecular formula is C15H18N6O2. The van der Waals surface area contributed by atoms with Crippen LogP contribution in [-0.4, -0.2) is 56.1 Å². The number of nitrogens with one attached hydrogen (secondary N) is 1. The van der Waals surface area contributed by atoms with Gasteiger partial charge in [0.05, 0.1) is 13.1 Å². The topological polar surface area (TPSA) is 93.0 Å². The van der Waals surface area contributed by atoms with Crippen LogP contribution >= 0.6 is 0 Å². The van der Waals surface area contributed by atoms with Gasteiger partial charge in [0.15, 0.2) is 0 Å². The zero-order valence-corrected chi connectivity index (χ0v) is 13.1. The average Bonchev–Trinajstić information content (AvgIpc) is 3.13. The molecule has 0 unspecified atom stereocenters. The van der Waals surface area contributed by atoms with Crippen molar-refractivity contribution < 1.29 is 9.59 Å². The van der Waals surface area contributed by atoms with Crippen molar-refractivity contribution in [3.05, 3.63) is 29.8 Å². The molecule has 23 heavy (non-hydrogen) atoms. The minimum absolute atomic E-state index is 0.0851. The van der Waals surface area contributed by atoms with Gasteiger partial charge in [-0.05, 0) is 24.3 Å². The molecule has 1 aliphatic rings. The molecule has 1 fully saturated rings. The minimum atomic E-state index is -0.181. The number of likely N-dealkylation sites (N-methyl/N-ethyl adjacent to an activating group) is 1. The molecule has 0 saturated carbocycles. The van der Waals surface area contributed by atoms with Gasteiger partial charge in [0.25, 0.3) is 5.91 Å². The summed E-state index contributed by atoms with van der Waals surface area (Å²) in [5.41, 5.74) is 1.34. The van der Waals surface area contributed by atoms with E-state index < -0.39 is 0 Å². The van der Waals surface area contributed by atoms with E-state index in [-0.39, 0.29) is 17.9 Å². The van der Waals surface area contributed by atoms with Crippen molar-refractivity contribution in [3.8, 4) is 11.4 Å². The highest BCUT2D eigenvalue weighted by Crippen LogP contribution is 2.15. The first kappa shape index (κ1) is 15.1. The van der Waals surface area contributed by atoms with E-state index in [1.165, 1.54) is 4.80 Å². The van der Waals surface area contributed by atoms with Crippen molar-refractivity contribution in [1.82, 2.24) is 30.4 Å². The van der Waals surface area contributed by atoms with E-state index in [4.69, 9.17) is 0 Å². The van der Waals surface area contributed by atoms with Gasteiger partial charge in [-0.3, -0.25) is 9.59 Å². The average molecular weight is 314 g/mol. The Morgan fingerprint density at radius 2 is 2.09 bits per heavy atom. The number of carbonyl (C=O) groups excluding carboxylic acids is 2. The SMILES string of the molecule is CCN1C[C@@H](NC(=O)c2ccc(-c3nnn(C)n3)cc2)CC1=O. The van der Waals surface area contributed by atoms with E-state index in [0.29, 0.717) is 30.9 Å². The van der Waals surface area contributed by atoms with Crippen molar-refractivity contribution in [2.75, 3.05) is 13.1 Å². The Kier molecular flexibility index (Phi) is 4.05. The summed E-state index contributed by atoms with van der Waals surface area (Å²) in [4.78, 5) is 27.1. The second kappa shape index (κ2) is 6.15. The van der Waals surface area contributed by atoms with Gasteiger partial charge in [-0.25, -0.2) is 0 Å². The first-order chi connectivity index (χ1) is 11.1. The van der Waals surface area contributed by atoms with Crippen LogP contribution in [0.1, 0.15) is 23.7 Å². The second-order valence-electron chi connectivity index (χ2n) is 5.49. The third-order valence-corrected chi connectivity index (χ3v) is 3.85. The molecule has 8 nitrogen and oxygen atoms in total. The van der Waals surface area contributed by atoms with Gasteiger partial charge in [-0.2, -0.15) is 4.80 Å². The fourth-order valence-corrected chi connectivity index (χ4v) is 2.61. The van der Waals surface area contributed by atoms with E-state index in [0.717, 1.165) is 5.56 Å². The maximum Gasteiger partial charge on any atom is 0.251 e. The molecule has 1 atom stereocenters. The minimum Gasteiger partial charge on any atom is -0.347 e. The monoisotopic (exact) mass is 314 g/mol. The van der Waals surface area contributed by atoms with Crippen LogP contribution in [-0.2, 0) is 11.8 Å². The Hall–Kier alpha value is -2.77. The van der Waals surface area contributed by atoms with Crippen LogP contribution in [0.3, 0.4) is 0 Å². The molecular weight excluding hydrogens is 296 g/mol. The number of tetrazole rings is 1. The number of likely N-dealkylation sites (tertiary alicyclic amines) is 1. The molecule has 0 spiro atoms. The molecule has 1 aromatic heterocycles. The maximum atomic E-state index is 12.3. The summed E-state index contributed by atoms with van der Waals surface area (Å²) >= 11 is 0. The highest BCUT2D eigenvalue weighted by atomic mass is 16.2. The summed E-state index contributed by atoms with van der Waals surface area (Å²) in [7, 11) is 1.70. The largest absolute Gasteiger partial charge is 0.347 e.